The van der Waals surface area contributed by atoms with E-state index in [1.807, 2.05) is 18.2 Å². The second kappa shape index (κ2) is 11.7. The second-order valence-electron chi connectivity index (χ2n) is 14.8. The van der Waals surface area contributed by atoms with Crippen molar-refractivity contribution in [2.75, 3.05) is 0 Å². The fraction of sp³-hybridized carbons (Fsp3) is 0. The van der Waals surface area contributed by atoms with Gasteiger partial charge in [0.1, 0.15) is 11.2 Å². The molecule has 0 saturated carbocycles. The van der Waals surface area contributed by atoms with Crippen LogP contribution < -0.4 is 0 Å². The van der Waals surface area contributed by atoms with Crippen LogP contribution in [0.3, 0.4) is 0 Å². The summed E-state index contributed by atoms with van der Waals surface area (Å²) < 4.78 is 13.4. The molecule has 13 aromatic rings. The molecule has 0 amide bonds. The van der Waals surface area contributed by atoms with E-state index in [0.29, 0.717) is 17.7 Å². The Balaban J connectivity index is 1.22. The standard InChI is InChI=1S/C51H30N6O/c1-2-15-31(16-3-1)55-41-24-9-6-19-34(41)37-29-30-38-35-20-7-12-27-44(35)57(47(38)46(37)55)51-53-49(40-23-14-22-39-36-21-8-13-28-45(36)58-48(39)40)52-50(54-51)56-42-25-10-4-17-32(42)33-18-5-11-26-43(33)56/h1-30H. The summed E-state index contributed by atoms with van der Waals surface area (Å²) in [5.74, 6) is 1.55. The zero-order valence-electron chi connectivity index (χ0n) is 30.9. The molecule has 0 aliphatic heterocycles. The van der Waals surface area contributed by atoms with Crippen LogP contribution in [0.25, 0.3) is 116 Å². The lowest BCUT2D eigenvalue weighted by atomic mass is 10.1. The van der Waals surface area contributed by atoms with E-state index in [2.05, 4.69) is 177 Å². The van der Waals surface area contributed by atoms with Crippen LogP contribution in [-0.4, -0.2) is 28.7 Å². The first-order chi connectivity index (χ1) is 28.8. The van der Waals surface area contributed by atoms with E-state index >= 15 is 0 Å². The Morgan fingerprint density at radius 2 is 0.793 bits per heavy atom. The third kappa shape index (κ3) is 4.24. The van der Waals surface area contributed by atoms with Crippen LogP contribution in [0.1, 0.15) is 0 Å². The minimum atomic E-state index is 0.513. The van der Waals surface area contributed by atoms with Gasteiger partial charge in [-0.2, -0.15) is 15.0 Å². The van der Waals surface area contributed by atoms with Crippen LogP contribution in [0.2, 0.25) is 0 Å². The highest BCUT2D eigenvalue weighted by molar-refractivity contribution is 6.23. The van der Waals surface area contributed by atoms with Gasteiger partial charge in [0, 0.05) is 48.8 Å². The molecule has 8 aromatic carbocycles. The van der Waals surface area contributed by atoms with Crippen molar-refractivity contribution in [2.24, 2.45) is 0 Å². The molecule has 0 aliphatic rings. The van der Waals surface area contributed by atoms with Gasteiger partial charge in [-0.05, 0) is 48.5 Å². The lowest BCUT2D eigenvalue weighted by Gasteiger charge is -2.14. The first-order valence-corrected chi connectivity index (χ1v) is 19.5. The van der Waals surface area contributed by atoms with E-state index < -0.39 is 0 Å². The van der Waals surface area contributed by atoms with Gasteiger partial charge in [-0.25, -0.2) is 0 Å². The highest BCUT2D eigenvalue weighted by atomic mass is 16.3. The van der Waals surface area contributed by atoms with Gasteiger partial charge in [-0.3, -0.25) is 9.13 Å². The van der Waals surface area contributed by atoms with Gasteiger partial charge in [0.05, 0.1) is 38.7 Å². The number of furan rings is 1. The fourth-order valence-corrected chi connectivity index (χ4v) is 9.29. The predicted octanol–water partition coefficient (Wildman–Crippen LogP) is 12.7. The molecule has 0 radical (unpaired) electrons. The van der Waals surface area contributed by atoms with Gasteiger partial charge >= 0.3 is 0 Å². The van der Waals surface area contributed by atoms with Gasteiger partial charge < -0.3 is 8.98 Å². The van der Waals surface area contributed by atoms with E-state index in [1.54, 1.807) is 0 Å². The van der Waals surface area contributed by atoms with Crippen LogP contribution in [0, 0.1) is 0 Å². The summed E-state index contributed by atoms with van der Waals surface area (Å²) in [4.78, 5) is 16.3. The van der Waals surface area contributed by atoms with Gasteiger partial charge in [-0.15, -0.1) is 0 Å². The molecular weight excluding hydrogens is 713 g/mol. The van der Waals surface area contributed by atoms with Gasteiger partial charge in [-0.1, -0.05) is 133 Å². The summed E-state index contributed by atoms with van der Waals surface area (Å²) >= 11 is 0. The Kier molecular flexibility index (Phi) is 6.32. The Morgan fingerprint density at radius 3 is 1.43 bits per heavy atom. The quantitative estimate of drug-likeness (QED) is 0.180. The fourth-order valence-electron chi connectivity index (χ4n) is 9.29. The van der Waals surface area contributed by atoms with E-state index in [0.717, 1.165) is 93.2 Å². The minimum absolute atomic E-state index is 0.513. The lowest BCUT2D eigenvalue weighted by Crippen LogP contribution is -2.10. The predicted molar refractivity (Wildman–Crippen MR) is 236 cm³/mol. The number of aromatic nitrogens is 6. The van der Waals surface area contributed by atoms with Gasteiger partial charge in [0.2, 0.25) is 11.9 Å². The number of nitrogens with zero attached hydrogens (tertiary/aromatic N) is 6. The smallest absolute Gasteiger partial charge is 0.240 e. The molecule has 58 heavy (non-hydrogen) atoms. The molecule has 0 bridgehead atoms. The van der Waals surface area contributed by atoms with E-state index in [-0.39, 0.29) is 0 Å². The number of hydrogen-bond donors (Lipinski definition) is 0. The van der Waals surface area contributed by atoms with Crippen LogP contribution in [0.15, 0.2) is 186 Å². The lowest BCUT2D eigenvalue weighted by molar-refractivity contribution is 0.669. The molecule has 7 heteroatoms. The molecule has 5 aromatic heterocycles. The molecule has 0 N–H and O–H groups in total. The zero-order chi connectivity index (χ0) is 37.9. The maximum Gasteiger partial charge on any atom is 0.240 e. The Labute approximate surface area is 330 Å². The maximum atomic E-state index is 6.62. The van der Waals surface area contributed by atoms with Crippen molar-refractivity contribution in [3.05, 3.63) is 182 Å². The first-order valence-electron chi connectivity index (χ1n) is 19.5. The van der Waals surface area contributed by atoms with Gasteiger partial charge in [0.15, 0.2) is 5.82 Å². The van der Waals surface area contributed by atoms with Crippen molar-refractivity contribution < 1.29 is 4.42 Å². The number of para-hydroxylation sites is 7. The molecule has 270 valence electrons. The molecule has 0 spiro atoms. The molecule has 0 saturated heterocycles. The van der Waals surface area contributed by atoms with Crippen molar-refractivity contribution in [3.8, 4) is 29.0 Å². The van der Waals surface area contributed by atoms with Crippen molar-refractivity contribution in [1.82, 2.24) is 28.7 Å². The second-order valence-corrected chi connectivity index (χ2v) is 14.8. The van der Waals surface area contributed by atoms with Crippen molar-refractivity contribution in [2.45, 2.75) is 0 Å². The SMILES string of the molecule is c1ccc(-n2c3ccccc3c3ccc4c5ccccc5n(-c5nc(-c6cccc7c6oc6ccccc67)nc(-n6c7ccccc7c7ccccc76)n5)c4c32)cc1. The highest BCUT2D eigenvalue weighted by Gasteiger charge is 2.25. The summed E-state index contributed by atoms with van der Waals surface area (Å²) in [6.45, 7) is 0. The van der Waals surface area contributed by atoms with Crippen molar-refractivity contribution in [3.63, 3.8) is 0 Å². The third-order valence-corrected chi connectivity index (χ3v) is 11.7. The molecule has 0 aliphatic carbocycles. The van der Waals surface area contributed by atoms with E-state index in [4.69, 9.17) is 19.4 Å². The van der Waals surface area contributed by atoms with Crippen molar-refractivity contribution in [1.29, 1.82) is 0 Å². The topological polar surface area (TPSA) is 66.6 Å². The molecule has 0 unspecified atom stereocenters. The van der Waals surface area contributed by atoms with E-state index in [1.165, 1.54) is 5.39 Å². The number of rotatable bonds is 4. The molecule has 13 rings (SSSR count). The molecule has 0 fully saturated rings. The van der Waals surface area contributed by atoms with Crippen molar-refractivity contribution >= 4 is 87.4 Å². The molecule has 7 nitrogen and oxygen atoms in total. The summed E-state index contributed by atoms with van der Waals surface area (Å²) in [6, 6.07) is 63.6. The average Bonchev–Trinajstić information content (AvgIpc) is 4.03. The molecule has 5 heterocycles. The zero-order valence-corrected chi connectivity index (χ0v) is 30.9. The Hall–Kier alpha value is -8.03. The molecule has 0 atom stereocenters. The highest BCUT2D eigenvalue weighted by Crippen LogP contribution is 2.42. The summed E-state index contributed by atoms with van der Waals surface area (Å²) in [6.07, 6.45) is 0. The van der Waals surface area contributed by atoms with Crippen LogP contribution in [-0.2, 0) is 0 Å². The number of hydrogen-bond acceptors (Lipinski definition) is 4. The van der Waals surface area contributed by atoms with Crippen LogP contribution >= 0.6 is 0 Å². The average molecular weight is 743 g/mol. The largest absolute Gasteiger partial charge is 0.455 e. The third-order valence-electron chi connectivity index (χ3n) is 11.7. The van der Waals surface area contributed by atoms with Crippen LogP contribution in [0.4, 0.5) is 0 Å². The van der Waals surface area contributed by atoms with Gasteiger partial charge in [0.25, 0.3) is 0 Å². The summed E-state index contributed by atoms with van der Waals surface area (Å²) in [5, 5.41) is 8.89. The molecular formula is C51H30N6O. The number of fused-ring (bicyclic) bond motifs is 13. The number of benzene rings is 8. The monoisotopic (exact) mass is 742 g/mol. The summed E-state index contributed by atoms with van der Waals surface area (Å²) in [5.41, 5.74) is 9.70. The normalized spacial score (nSPS) is 12.1. The Bertz CT molecular complexity index is 3760. The Morgan fingerprint density at radius 1 is 0.328 bits per heavy atom. The minimum Gasteiger partial charge on any atom is -0.455 e. The summed E-state index contributed by atoms with van der Waals surface area (Å²) in [7, 11) is 0. The van der Waals surface area contributed by atoms with Crippen LogP contribution in [0.5, 0.6) is 0 Å². The maximum absolute atomic E-state index is 6.62. The first kappa shape index (κ1) is 31.2. The van der Waals surface area contributed by atoms with E-state index in [9.17, 15) is 0 Å².